The SMILES string of the molecule is C/C(=C\CO[Si](c1ccccc1)(c1ccccc1)C(C)(C)C)C/C=C(\C)CC/C=C(\C)CCCO. The van der Waals surface area contributed by atoms with E-state index in [0.717, 1.165) is 32.1 Å². The van der Waals surface area contributed by atoms with Crippen LogP contribution in [0.5, 0.6) is 0 Å². The molecule has 0 aliphatic carbocycles. The number of rotatable bonds is 13. The maximum atomic E-state index is 8.96. The number of allylic oxidation sites excluding steroid dienone is 5. The van der Waals surface area contributed by atoms with Crippen LogP contribution in [0.4, 0.5) is 0 Å². The summed E-state index contributed by atoms with van der Waals surface area (Å²) in [6.07, 6.45) is 11.9. The van der Waals surface area contributed by atoms with E-state index in [-0.39, 0.29) is 11.6 Å². The maximum absolute atomic E-state index is 8.96. The van der Waals surface area contributed by atoms with Crippen molar-refractivity contribution < 1.29 is 9.53 Å². The third kappa shape index (κ3) is 8.75. The van der Waals surface area contributed by atoms with Crippen LogP contribution < -0.4 is 10.4 Å². The molecule has 35 heavy (non-hydrogen) atoms. The van der Waals surface area contributed by atoms with Crippen LogP contribution in [0.15, 0.2) is 95.6 Å². The Morgan fingerprint density at radius 3 is 1.83 bits per heavy atom. The molecule has 0 aliphatic rings. The first-order valence-corrected chi connectivity index (χ1v) is 14.9. The normalized spacial score (nSPS) is 13.9. The molecule has 1 N–H and O–H groups in total. The van der Waals surface area contributed by atoms with Crippen LogP contribution in [0, 0.1) is 0 Å². The highest BCUT2D eigenvalue weighted by molar-refractivity contribution is 6.99. The zero-order valence-corrected chi connectivity index (χ0v) is 23.8. The van der Waals surface area contributed by atoms with Crippen LogP contribution in [0.3, 0.4) is 0 Å². The van der Waals surface area contributed by atoms with E-state index in [9.17, 15) is 0 Å². The molecule has 0 aromatic heterocycles. The van der Waals surface area contributed by atoms with Crippen LogP contribution in [0.25, 0.3) is 0 Å². The first-order chi connectivity index (χ1) is 16.7. The highest BCUT2D eigenvalue weighted by Crippen LogP contribution is 2.36. The standard InChI is InChI=1S/C32H46O2Si/c1-27(17-14-25-33)15-13-16-28(2)22-23-29(3)24-26-34-35(32(4,5)6,30-18-9-7-10-19-30)31-20-11-8-12-21-31/h7-12,15,18-22,24,33H,13-14,16-17,23,25-26H2,1-6H3/b27-15+,28-22+,29-24+. The van der Waals surface area contributed by atoms with Crippen molar-refractivity contribution >= 4 is 18.7 Å². The Morgan fingerprint density at radius 1 is 0.771 bits per heavy atom. The van der Waals surface area contributed by atoms with Crippen LogP contribution in [-0.4, -0.2) is 26.6 Å². The average molecular weight is 491 g/mol. The Labute approximate surface area is 215 Å². The lowest BCUT2D eigenvalue weighted by Gasteiger charge is -2.42. The molecule has 0 aliphatic heterocycles. The van der Waals surface area contributed by atoms with Gasteiger partial charge in [0.25, 0.3) is 8.32 Å². The highest BCUT2D eigenvalue weighted by Gasteiger charge is 2.49. The minimum absolute atomic E-state index is 0.00321. The van der Waals surface area contributed by atoms with Crippen LogP contribution in [-0.2, 0) is 4.43 Å². The van der Waals surface area contributed by atoms with Crippen molar-refractivity contribution in [2.75, 3.05) is 13.2 Å². The summed E-state index contributed by atoms with van der Waals surface area (Å²) in [5.74, 6) is 0. The van der Waals surface area contributed by atoms with Crippen LogP contribution in [0.2, 0.25) is 5.04 Å². The quantitative estimate of drug-likeness (QED) is 0.235. The largest absolute Gasteiger partial charge is 0.404 e. The molecular formula is C32H46O2Si. The molecule has 2 aromatic rings. The predicted molar refractivity (Wildman–Crippen MR) is 155 cm³/mol. The summed E-state index contributed by atoms with van der Waals surface area (Å²) in [4.78, 5) is 0. The third-order valence-electron chi connectivity index (χ3n) is 6.68. The van der Waals surface area contributed by atoms with Gasteiger partial charge in [-0.05, 0) is 68.3 Å². The Hall–Kier alpha value is -2.20. The number of benzene rings is 2. The van der Waals surface area contributed by atoms with Gasteiger partial charge in [-0.15, -0.1) is 0 Å². The van der Waals surface area contributed by atoms with Crippen molar-refractivity contribution in [1.82, 2.24) is 0 Å². The summed E-state index contributed by atoms with van der Waals surface area (Å²) >= 11 is 0. The second-order valence-electron chi connectivity index (χ2n) is 10.7. The van der Waals surface area contributed by atoms with Crippen molar-refractivity contribution in [3.05, 3.63) is 95.6 Å². The van der Waals surface area contributed by atoms with Crippen molar-refractivity contribution in [3.8, 4) is 0 Å². The molecule has 0 spiro atoms. The Morgan fingerprint density at radius 2 is 1.31 bits per heavy atom. The summed E-state index contributed by atoms with van der Waals surface area (Å²) < 4.78 is 6.98. The van der Waals surface area contributed by atoms with Crippen LogP contribution >= 0.6 is 0 Å². The van der Waals surface area contributed by atoms with Gasteiger partial charge in [-0.3, -0.25) is 0 Å². The molecule has 0 atom stereocenters. The van der Waals surface area contributed by atoms with Crippen LogP contribution in [0.1, 0.15) is 73.6 Å². The fourth-order valence-electron chi connectivity index (χ4n) is 4.60. The molecule has 2 nitrogen and oxygen atoms in total. The summed E-state index contributed by atoms with van der Waals surface area (Å²) in [7, 11) is -2.48. The summed E-state index contributed by atoms with van der Waals surface area (Å²) in [5.41, 5.74) is 4.15. The fraction of sp³-hybridized carbons (Fsp3) is 0.438. The number of hydrogen-bond donors (Lipinski definition) is 1. The molecule has 0 unspecified atom stereocenters. The van der Waals surface area contributed by atoms with Gasteiger partial charge < -0.3 is 9.53 Å². The van der Waals surface area contributed by atoms with E-state index in [4.69, 9.17) is 9.53 Å². The van der Waals surface area contributed by atoms with E-state index < -0.39 is 8.32 Å². The average Bonchev–Trinajstić information content (AvgIpc) is 2.84. The van der Waals surface area contributed by atoms with Crippen molar-refractivity contribution in [2.45, 2.75) is 78.7 Å². The van der Waals surface area contributed by atoms with E-state index in [1.165, 1.54) is 27.1 Å². The van der Waals surface area contributed by atoms with Crippen molar-refractivity contribution in [1.29, 1.82) is 0 Å². The van der Waals surface area contributed by atoms with E-state index in [1.54, 1.807) is 0 Å². The number of aliphatic hydroxyl groups excluding tert-OH is 1. The fourth-order valence-corrected chi connectivity index (χ4v) is 9.09. The molecule has 0 amide bonds. The van der Waals surface area contributed by atoms with Gasteiger partial charge in [0.15, 0.2) is 0 Å². The first-order valence-electron chi connectivity index (χ1n) is 13.0. The lowest BCUT2D eigenvalue weighted by Crippen LogP contribution is -2.66. The zero-order chi connectivity index (χ0) is 25.7. The van der Waals surface area contributed by atoms with E-state index in [2.05, 4.69) is 120 Å². The molecule has 0 fully saturated rings. The minimum Gasteiger partial charge on any atom is -0.404 e. The van der Waals surface area contributed by atoms with Gasteiger partial charge >= 0.3 is 0 Å². The number of hydrogen-bond acceptors (Lipinski definition) is 2. The van der Waals surface area contributed by atoms with E-state index >= 15 is 0 Å². The minimum atomic E-state index is -2.48. The highest BCUT2D eigenvalue weighted by atomic mass is 28.4. The topological polar surface area (TPSA) is 29.5 Å². The molecule has 2 rings (SSSR count). The Bertz CT molecular complexity index is 926. The predicted octanol–water partition coefficient (Wildman–Crippen LogP) is 7.34. The third-order valence-corrected chi connectivity index (χ3v) is 11.7. The summed E-state index contributed by atoms with van der Waals surface area (Å²) in [5, 5.41) is 11.6. The molecule has 0 bridgehead atoms. The van der Waals surface area contributed by atoms with Gasteiger partial charge in [-0.2, -0.15) is 0 Å². The lowest BCUT2D eigenvalue weighted by molar-refractivity contribution is 0.288. The van der Waals surface area contributed by atoms with Gasteiger partial charge in [0.05, 0.1) is 6.61 Å². The lowest BCUT2D eigenvalue weighted by atomic mass is 10.1. The molecule has 2 aromatic carbocycles. The Kier molecular flexibility index (Phi) is 11.9. The molecule has 0 heterocycles. The maximum Gasteiger partial charge on any atom is 0.261 e. The molecule has 3 heteroatoms. The van der Waals surface area contributed by atoms with Gasteiger partial charge in [0, 0.05) is 6.61 Å². The molecule has 0 saturated heterocycles. The Balaban J connectivity index is 2.10. The first kappa shape index (κ1) is 29.0. The van der Waals surface area contributed by atoms with E-state index in [0.29, 0.717) is 6.61 Å². The van der Waals surface area contributed by atoms with Gasteiger partial charge in [0.2, 0.25) is 0 Å². The zero-order valence-electron chi connectivity index (χ0n) is 22.8. The van der Waals surface area contributed by atoms with Gasteiger partial charge in [-0.1, -0.05) is 116 Å². The monoisotopic (exact) mass is 490 g/mol. The van der Waals surface area contributed by atoms with Crippen molar-refractivity contribution in [2.24, 2.45) is 0 Å². The van der Waals surface area contributed by atoms with Crippen molar-refractivity contribution in [3.63, 3.8) is 0 Å². The second kappa shape index (κ2) is 14.4. The molecule has 0 saturated carbocycles. The smallest absolute Gasteiger partial charge is 0.261 e. The molecule has 190 valence electrons. The summed E-state index contributed by atoms with van der Waals surface area (Å²) in [6, 6.07) is 21.7. The molecule has 0 radical (unpaired) electrons. The van der Waals surface area contributed by atoms with Gasteiger partial charge in [0.1, 0.15) is 0 Å². The van der Waals surface area contributed by atoms with E-state index in [1.807, 2.05) is 0 Å². The number of aliphatic hydroxyl groups is 1. The molecular weight excluding hydrogens is 444 g/mol. The van der Waals surface area contributed by atoms with Gasteiger partial charge in [-0.25, -0.2) is 0 Å². The summed E-state index contributed by atoms with van der Waals surface area (Å²) in [6.45, 7) is 14.5. The second-order valence-corrected chi connectivity index (χ2v) is 15.0.